The number of nitrogens with one attached hydrogen (secondary N) is 1. The lowest BCUT2D eigenvalue weighted by Crippen LogP contribution is -2.28. The fraction of sp³-hybridized carbons (Fsp3) is 0.667. The van der Waals surface area contributed by atoms with Gasteiger partial charge in [-0.05, 0) is 26.2 Å². The molecule has 0 saturated carbocycles. The SMILES string of the molecule is CCC(NC(=O)CCCC(C)N)c1nccs1. The van der Waals surface area contributed by atoms with Crippen LogP contribution in [0.3, 0.4) is 0 Å². The Bertz CT molecular complexity index is 325. The summed E-state index contributed by atoms with van der Waals surface area (Å²) < 4.78 is 0. The van der Waals surface area contributed by atoms with E-state index in [0.717, 1.165) is 24.3 Å². The zero-order chi connectivity index (χ0) is 12.7. The number of hydrogen-bond acceptors (Lipinski definition) is 4. The Morgan fingerprint density at radius 3 is 2.94 bits per heavy atom. The summed E-state index contributed by atoms with van der Waals surface area (Å²) in [6.07, 6.45) is 4.92. The molecule has 5 heteroatoms. The van der Waals surface area contributed by atoms with Crippen LogP contribution in [-0.4, -0.2) is 16.9 Å². The Labute approximate surface area is 107 Å². The average molecular weight is 255 g/mol. The molecule has 1 aromatic heterocycles. The second-order valence-corrected chi connectivity index (χ2v) is 5.19. The maximum atomic E-state index is 11.7. The summed E-state index contributed by atoms with van der Waals surface area (Å²) in [5, 5.41) is 5.92. The number of nitrogens with two attached hydrogens (primary N) is 1. The number of hydrogen-bond donors (Lipinski definition) is 2. The van der Waals surface area contributed by atoms with E-state index in [1.165, 1.54) is 0 Å². The van der Waals surface area contributed by atoms with Crippen molar-refractivity contribution >= 4 is 17.2 Å². The first kappa shape index (κ1) is 14.1. The Morgan fingerprint density at radius 1 is 1.65 bits per heavy atom. The molecule has 0 radical (unpaired) electrons. The number of carbonyl (C=O) groups is 1. The van der Waals surface area contributed by atoms with Crippen molar-refractivity contribution in [1.29, 1.82) is 0 Å². The Kier molecular flexibility index (Phi) is 6.15. The van der Waals surface area contributed by atoms with Crippen LogP contribution in [-0.2, 0) is 4.79 Å². The Hall–Kier alpha value is -0.940. The summed E-state index contributed by atoms with van der Waals surface area (Å²) in [6, 6.07) is 0.224. The summed E-state index contributed by atoms with van der Waals surface area (Å²) >= 11 is 1.58. The van der Waals surface area contributed by atoms with E-state index in [0.29, 0.717) is 6.42 Å². The van der Waals surface area contributed by atoms with Crippen LogP contribution in [0.5, 0.6) is 0 Å². The molecular weight excluding hydrogens is 234 g/mol. The minimum Gasteiger partial charge on any atom is -0.347 e. The predicted octanol–water partition coefficient (Wildman–Crippen LogP) is 2.23. The summed E-state index contributed by atoms with van der Waals surface area (Å²) in [5.41, 5.74) is 5.64. The van der Waals surface area contributed by atoms with Crippen molar-refractivity contribution in [2.45, 2.75) is 51.6 Å². The standard InChI is InChI=1S/C12H21N3OS/c1-3-10(12-14-7-8-17-12)15-11(16)6-4-5-9(2)13/h7-10H,3-6,13H2,1-2H3,(H,15,16). The monoisotopic (exact) mass is 255 g/mol. The fourth-order valence-electron chi connectivity index (χ4n) is 1.60. The van der Waals surface area contributed by atoms with Gasteiger partial charge in [-0.15, -0.1) is 11.3 Å². The van der Waals surface area contributed by atoms with Gasteiger partial charge in [0.15, 0.2) is 0 Å². The third kappa shape index (κ3) is 5.28. The summed E-state index contributed by atoms with van der Waals surface area (Å²) in [7, 11) is 0. The second-order valence-electron chi connectivity index (χ2n) is 4.27. The summed E-state index contributed by atoms with van der Waals surface area (Å²) in [5.74, 6) is 0.0905. The van der Waals surface area contributed by atoms with Crippen molar-refractivity contribution in [3.05, 3.63) is 16.6 Å². The molecule has 1 amide bonds. The molecule has 17 heavy (non-hydrogen) atoms. The van der Waals surface area contributed by atoms with Crippen LogP contribution < -0.4 is 11.1 Å². The minimum atomic E-state index is 0.0535. The first-order chi connectivity index (χ1) is 8.13. The molecule has 2 atom stereocenters. The molecule has 4 nitrogen and oxygen atoms in total. The molecule has 0 aliphatic carbocycles. The highest BCUT2D eigenvalue weighted by molar-refractivity contribution is 7.09. The molecule has 0 saturated heterocycles. The van der Waals surface area contributed by atoms with Gasteiger partial charge >= 0.3 is 0 Å². The van der Waals surface area contributed by atoms with Crippen molar-refractivity contribution in [3.63, 3.8) is 0 Å². The maximum absolute atomic E-state index is 11.7. The quantitative estimate of drug-likeness (QED) is 0.785. The lowest BCUT2D eigenvalue weighted by Gasteiger charge is -2.14. The molecule has 1 rings (SSSR count). The van der Waals surface area contributed by atoms with Gasteiger partial charge in [-0.2, -0.15) is 0 Å². The first-order valence-electron chi connectivity index (χ1n) is 6.07. The van der Waals surface area contributed by atoms with Gasteiger partial charge < -0.3 is 11.1 Å². The van der Waals surface area contributed by atoms with E-state index in [4.69, 9.17) is 5.73 Å². The van der Waals surface area contributed by atoms with E-state index in [1.54, 1.807) is 17.5 Å². The number of amides is 1. The highest BCUT2D eigenvalue weighted by Gasteiger charge is 2.14. The number of thiazole rings is 1. The molecular formula is C12H21N3OS. The molecule has 96 valence electrons. The maximum Gasteiger partial charge on any atom is 0.220 e. The smallest absolute Gasteiger partial charge is 0.220 e. The van der Waals surface area contributed by atoms with Crippen LogP contribution in [0.4, 0.5) is 0 Å². The highest BCUT2D eigenvalue weighted by atomic mass is 32.1. The third-order valence-corrected chi connectivity index (χ3v) is 3.45. The van der Waals surface area contributed by atoms with E-state index >= 15 is 0 Å². The highest BCUT2D eigenvalue weighted by Crippen LogP contribution is 2.18. The van der Waals surface area contributed by atoms with Crippen molar-refractivity contribution in [1.82, 2.24) is 10.3 Å². The number of nitrogens with zero attached hydrogens (tertiary/aromatic N) is 1. The fourth-order valence-corrected chi connectivity index (χ4v) is 2.37. The molecule has 2 unspecified atom stereocenters. The average Bonchev–Trinajstić information content (AvgIpc) is 2.78. The van der Waals surface area contributed by atoms with Gasteiger partial charge in [0, 0.05) is 24.0 Å². The molecule has 1 aromatic rings. The number of carbonyl (C=O) groups excluding carboxylic acids is 1. The topological polar surface area (TPSA) is 68.0 Å². The predicted molar refractivity (Wildman–Crippen MR) is 70.8 cm³/mol. The summed E-state index contributed by atoms with van der Waals surface area (Å²) in [6.45, 7) is 4.01. The van der Waals surface area contributed by atoms with Crippen LogP contribution >= 0.6 is 11.3 Å². The lowest BCUT2D eigenvalue weighted by molar-refractivity contribution is -0.122. The van der Waals surface area contributed by atoms with Crippen LogP contribution in [0.25, 0.3) is 0 Å². The van der Waals surface area contributed by atoms with Crippen LogP contribution in [0.2, 0.25) is 0 Å². The van der Waals surface area contributed by atoms with Crippen molar-refractivity contribution in [3.8, 4) is 0 Å². The van der Waals surface area contributed by atoms with E-state index < -0.39 is 0 Å². The molecule has 0 aliphatic heterocycles. The first-order valence-corrected chi connectivity index (χ1v) is 6.95. The third-order valence-electron chi connectivity index (χ3n) is 2.56. The van der Waals surface area contributed by atoms with Gasteiger partial charge in [-0.1, -0.05) is 6.92 Å². The number of rotatable bonds is 7. The molecule has 0 fully saturated rings. The normalized spacial score (nSPS) is 14.3. The Balaban J connectivity index is 2.33. The van der Waals surface area contributed by atoms with Crippen LogP contribution in [0.1, 0.15) is 50.6 Å². The molecule has 1 heterocycles. The molecule has 0 aliphatic rings. The second kappa shape index (κ2) is 7.40. The minimum absolute atomic E-state index is 0.0535. The summed E-state index contributed by atoms with van der Waals surface area (Å²) in [4.78, 5) is 15.9. The van der Waals surface area contributed by atoms with Gasteiger partial charge in [0.25, 0.3) is 0 Å². The van der Waals surface area contributed by atoms with Gasteiger partial charge in [-0.3, -0.25) is 4.79 Å². The molecule has 0 bridgehead atoms. The molecule has 0 aromatic carbocycles. The lowest BCUT2D eigenvalue weighted by atomic mass is 10.1. The van der Waals surface area contributed by atoms with Crippen LogP contribution in [0.15, 0.2) is 11.6 Å². The molecule has 3 N–H and O–H groups in total. The van der Waals surface area contributed by atoms with E-state index in [9.17, 15) is 4.79 Å². The van der Waals surface area contributed by atoms with Crippen molar-refractivity contribution in [2.24, 2.45) is 5.73 Å². The van der Waals surface area contributed by atoms with Gasteiger partial charge in [0.05, 0.1) is 6.04 Å². The van der Waals surface area contributed by atoms with Crippen LogP contribution in [0, 0.1) is 0 Å². The largest absolute Gasteiger partial charge is 0.347 e. The number of aromatic nitrogens is 1. The van der Waals surface area contributed by atoms with Crippen molar-refractivity contribution < 1.29 is 4.79 Å². The van der Waals surface area contributed by atoms with Gasteiger partial charge in [-0.25, -0.2) is 4.98 Å². The van der Waals surface area contributed by atoms with E-state index in [-0.39, 0.29) is 18.0 Å². The van der Waals surface area contributed by atoms with Gasteiger partial charge in [0.2, 0.25) is 5.91 Å². The zero-order valence-corrected chi connectivity index (χ0v) is 11.3. The molecule has 0 spiro atoms. The van der Waals surface area contributed by atoms with E-state index in [1.807, 2.05) is 19.2 Å². The zero-order valence-electron chi connectivity index (χ0n) is 10.5. The van der Waals surface area contributed by atoms with Gasteiger partial charge in [0.1, 0.15) is 5.01 Å². The van der Waals surface area contributed by atoms with Crippen molar-refractivity contribution in [2.75, 3.05) is 0 Å². The Morgan fingerprint density at radius 2 is 2.41 bits per heavy atom. The van der Waals surface area contributed by atoms with E-state index in [2.05, 4.69) is 10.3 Å².